The Balaban J connectivity index is 2.08. The summed E-state index contributed by atoms with van der Waals surface area (Å²) in [7, 11) is 0. The lowest BCUT2D eigenvalue weighted by atomic mass is 9.73. The molecule has 1 aromatic rings. The maximum atomic E-state index is 10.9. The molecule has 1 heterocycles. The lowest BCUT2D eigenvalue weighted by Gasteiger charge is -2.46. The summed E-state index contributed by atoms with van der Waals surface area (Å²) in [6.45, 7) is 0. The zero-order valence-electron chi connectivity index (χ0n) is 8.85. The van der Waals surface area contributed by atoms with Crippen molar-refractivity contribution in [3.05, 3.63) is 28.7 Å². The first-order chi connectivity index (χ1) is 7.74. The lowest BCUT2D eigenvalue weighted by molar-refractivity contribution is -0.0347. The van der Waals surface area contributed by atoms with Gasteiger partial charge in [-0.25, -0.2) is 0 Å². The second-order valence-electron chi connectivity index (χ2n) is 4.66. The Morgan fingerprint density at radius 3 is 2.88 bits per heavy atom. The molecule has 84 valence electrons. The van der Waals surface area contributed by atoms with Crippen LogP contribution in [-0.2, 0) is 0 Å². The number of hydrogen-bond donors (Lipinski definition) is 1. The molecule has 0 amide bonds. The Morgan fingerprint density at radius 1 is 1.44 bits per heavy atom. The average Bonchev–Trinajstić information content (AvgIpc) is 2.26. The lowest BCUT2D eigenvalue weighted by Crippen LogP contribution is -2.46. The number of aromatic hydroxyl groups is 1. The van der Waals surface area contributed by atoms with Gasteiger partial charge < -0.3 is 9.84 Å². The van der Waals surface area contributed by atoms with Gasteiger partial charge in [-0.3, -0.25) is 0 Å². The van der Waals surface area contributed by atoms with Crippen LogP contribution in [0.4, 0.5) is 0 Å². The topological polar surface area (TPSA) is 58.9 Å². The summed E-state index contributed by atoms with van der Waals surface area (Å²) in [6.07, 6.45) is 3.67. The van der Waals surface area contributed by atoms with E-state index >= 15 is 0 Å². The van der Waals surface area contributed by atoms with E-state index in [0.29, 0.717) is 17.7 Å². The van der Waals surface area contributed by atoms with Crippen LogP contribution in [0, 0.1) is 4.91 Å². The van der Waals surface area contributed by atoms with Crippen LogP contribution in [0.5, 0.6) is 11.5 Å². The molecule has 1 fully saturated rings. The minimum atomic E-state index is -0.379. The molecule has 1 N–H and O–H groups in total. The van der Waals surface area contributed by atoms with Crippen LogP contribution in [0.25, 0.3) is 0 Å². The van der Waals surface area contributed by atoms with Gasteiger partial charge in [0.1, 0.15) is 11.6 Å². The number of fused-ring (bicyclic) bond motifs is 1. The highest BCUT2D eigenvalue weighted by atomic mass is 16.5. The Kier molecular flexibility index (Phi) is 1.93. The third-order valence-electron chi connectivity index (χ3n) is 3.66. The van der Waals surface area contributed by atoms with Crippen LogP contribution >= 0.6 is 0 Å². The predicted octanol–water partition coefficient (Wildman–Crippen LogP) is 2.90. The van der Waals surface area contributed by atoms with Crippen molar-refractivity contribution in [2.24, 2.45) is 5.18 Å². The van der Waals surface area contributed by atoms with Crippen LogP contribution < -0.4 is 4.74 Å². The van der Waals surface area contributed by atoms with Crippen molar-refractivity contribution in [2.45, 2.75) is 37.3 Å². The third kappa shape index (κ3) is 1.22. The SMILES string of the molecule is O=NC1CC2(CCC2)Oc2c(O)cccc21. The molecule has 4 nitrogen and oxygen atoms in total. The highest BCUT2D eigenvalue weighted by molar-refractivity contribution is 5.49. The fraction of sp³-hybridized carbons (Fsp3) is 0.500. The van der Waals surface area contributed by atoms with Crippen LogP contribution in [0.15, 0.2) is 23.4 Å². The molecule has 0 bridgehead atoms. The van der Waals surface area contributed by atoms with Gasteiger partial charge in [-0.2, -0.15) is 4.91 Å². The van der Waals surface area contributed by atoms with Crippen LogP contribution in [-0.4, -0.2) is 10.7 Å². The molecule has 0 aromatic heterocycles. The first kappa shape index (κ1) is 9.63. The number of nitroso groups, excluding NO2 is 1. The van der Waals surface area contributed by atoms with E-state index in [4.69, 9.17) is 4.74 Å². The van der Waals surface area contributed by atoms with Gasteiger partial charge in [0.15, 0.2) is 11.5 Å². The monoisotopic (exact) mass is 219 g/mol. The quantitative estimate of drug-likeness (QED) is 0.739. The molecule has 0 radical (unpaired) electrons. The summed E-state index contributed by atoms with van der Waals surface area (Å²) in [5.74, 6) is 0.565. The Hall–Kier alpha value is -1.58. The maximum Gasteiger partial charge on any atom is 0.167 e. The fourth-order valence-electron chi connectivity index (χ4n) is 2.61. The maximum absolute atomic E-state index is 10.9. The van der Waals surface area contributed by atoms with E-state index in [1.807, 2.05) is 0 Å². The van der Waals surface area contributed by atoms with Gasteiger partial charge in [0.2, 0.25) is 0 Å². The normalized spacial score (nSPS) is 25.4. The van der Waals surface area contributed by atoms with Crippen molar-refractivity contribution < 1.29 is 9.84 Å². The molecule has 16 heavy (non-hydrogen) atoms. The molecule has 1 aliphatic carbocycles. The number of ether oxygens (including phenoxy) is 1. The van der Waals surface area contributed by atoms with Gasteiger partial charge in [0.25, 0.3) is 0 Å². The summed E-state index contributed by atoms with van der Waals surface area (Å²) < 4.78 is 5.87. The summed E-state index contributed by atoms with van der Waals surface area (Å²) in [5, 5.41) is 12.9. The van der Waals surface area contributed by atoms with Gasteiger partial charge in [-0.15, -0.1) is 0 Å². The molecule has 0 saturated heterocycles. The number of phenolic OH excluding ortho intramolecular Hbond substituents is 1. The number of benzene rings is 1. The highest BCUT2D eigenvalue weighted by Gasteiger charge is 2.46. The van der Waals surface area contributed by atoms with Gasteiger partial charge in [0, 0.05) is 12.0 Å². The van der Waals surface area contributed by atoms with E-state index < -0.39 is 0 Å². The molecule has 1 aromatic carbocycles. The second kappa shape index (κ2) is 3.20. The second-order valence-corrected chi connectivity index (χ2v) is 4.66. The van der Waals surface area contributed by atoms with Crippen LogP contribution in [0.3, 0.4) is 0 Å². The zero-order valence-corrected chi connectivity index (χ0v) is 8.85. The number of nitrogens with zero attached hydrogens (tertiary/aromatic N) is 1. The van der Waals surface area contributed by atoms with Gasteiger partial charge >= 0.3 is 0 Å². The van der Waals surface area contributed by atoms with E-state index in [-0.39, 0.29) is 17.4 Å². The van der Waals surface area contributed by atoms with E-state index in [9.17, 15) is 10.0 Å². The summed E-state index contributed by atoms with van der Waals surface area (Å²) >= 11 is 0. The molecule has 1 aliphatic heterocycles. The Bertz CT molecular complexity index is 440. The van der Waals surface area contributed by atoms with Crippen molar-refractivity contribution in [3.63, 3.8) is 0 Å². The van der Waals surface area contributed by atoms with E-state index in [2.05, 4.69) is 5.18 Å². The van der Waals surface area contributed by atoms with E-state index in [1.54, 1.807) is 18.2 Å². The molecule has 2 aliphatic rings. The summed E-state index contributed by atoms with van der Waals surface area (Å²) in [5.41, 5.74) is 0.470. The molecular weight excluding hydrogens is 206 g/mol. The molecule has 3 rings (SSSR count). The first-order valence-electron chi connectivity index (χ1n) is 5.57. The van der Waals surface area contributed by atoms with Crippen LogP contribution in [0.1, 0.15) is 37.3 Å². The minimum absolute atomic E-state index is 0.108. The minimum Gasteiger partial charge on any atom is -0.504 e. The first-order valence-corrected chi connectivity index (χ1v) is 5.57. The molecular formula is C12H13NO3. The van der Waals surface area contributed by atoms with Crippen LogP contribution in [0.2, 0.25) is 0 Å². The smallest absolute Gasteiger partial charge is 0.167 e. The predicted molar refractivity (Wildman–Crippen MR) is 58.5 cm³/mol. The number of para-hydroxylation sites is 1. The van der Waals surface area contributed by atoms with Crippen molar-refractivity contribution in [3.8, 4) is 11.5 Å². The number of hydrogen-bond acceptors (Lipinski definition) is 4. The van der Waals surface area contributed by atoms with E-state index in [0.717, 1.165) is 19.3 Å². The van der Waals surface area contributed by atoms with Crippen molar-refractivity contribution in [1.82, 2.24) is 0 Å². The van der Waals surface area contributed by atoms with Crippen molar-refractivity contribution in [2.75, 3.05) is 0 Å². The van der Waals surface area contributed by atoms with Crippen molar-refractivity contribution in [1.29, 1.82) is 0 Å². The molecule has 1 unspecified atom stereocenters. The summed E-state index contributed by atoms with van der Waals surface area (Å²) in [6, 6.07) is 4.72. The molecule has 1 saturated carbocycles. The Labute approximate surface area is 93.2 Å². The molecule has 4 heteroatoms. The molecule has 1 spiro atoms. The standard InChI is InChI=1S/C12H13NO3/c14-10-4-1-3-8-9(13-15)7-12(5-2-6-12)16-11(8)10/h1,3-4,9,14H,2,5-7H2. The largest absolute Gasteiger partial charge is 0.504 e. The Morgan fingerprint density at radius 2 is 2.25 bits per heavy atom. The van der Waals surface area contributed by atoms with E-state index in [1.165, 1.54) is 0 Å². The highest BCUT2D eigenvalue weighted by Crippen LogP contribution is 2.52. The van der Waals surface area contributed by atoms with Gasteiger partial charge in [-0.05, 0) is 25.3 Å². The van der Waals surface area contributed by atoms with Gasteiger partial charge in [-0.1, -0.05) is 17.3 Å². The zero-order chi connectivity index (χ0) is 11.2. The third-order valence-corrected chi connectivity index (χ3v) is 3.66. The fourth-order valence-corrected chi connectivity index (χ4v) is 2.61. The summed E-state index contributed by atoms with van der Waals surface area (Å²) in [4.78, 5) is 10.9. The number of rotatable bonds is 1. The van der Waals surface area contributed by atoms with Crippen molar-refractivity contribution >= 4 is 0 Å². The number of phenols is 1. The van der Waals surface area contributed by atoms with Gasteiger partial charge in [0.05, 0.1) is 0 Å². The molecule has 1 atom stereocenters. The average molecular weight is 219 g/mol.